The molecule has 0 spiro atoms. The van der Waals surface area contributed by atoms with E-state index in [9.17, 15) is 9.59 Å². The normalized spacial score (nSPS) is 11.5. The quantitative estimate of drug-likeness (QED) is 0.125. The summed E-state index contributed by atoms with van der Waals surface area (Å²) in [6.45, 7) is 11.8. The molecule has 0 aliphatic heterocycles. The highest BCUT2D eigenvalue weighted by Crippen LogP contribution is 2.28. The van der Waals surface area contributed by atoms with Crippen molar-refractivity contribution in [1.82, 2.24) is 4.57 Å². The van der Waals surface area contributed by atoms with Crippen molar-refractivity contribution in [3.63, 3.8) is 0 Å². The molecule has 238 valence electrons. The fraction of sp³-hybridized carbons (Fsp3) is 0.400. The summed E-state index contributed by atoms with van der Waals surface area (Å²) < 4.78 is 2.06. The number of carboxylic acid groups (broad SMARTS) is 1. The predicted molar refractivity (Wildman–Crippen MR) is 186 cm³/mol. The van der Waals surface area contributed by atoms with E-state index in [4.69, 9.17) is 5.11 Å². The van der Waals surface area contributed by atoms with Crippen LogP contribution in [0.1, 0.15) is 103 Å². The molecule has 5 nitrogen and oxygen atoms in total. The Bertz CT molecular complexity index is 1510. The van der Waals surface area contributed by atoms with Gasteiger partial charge in [0.25, 0.3) is 0 Å². The SMILES string of the molecule is CCc1c(C(=O)c2cccc(NCC(c3ccc(CC(C)C)cc3)c3ccc(CC(C)C)cc3)c2)cc(CCCC(=O)O)n1C. The lowest BCUT2D eigenvalue weighted by Gasteiger charge is -2.21. The molecule has 0 bridgehead atoms. The molecule has 4 rings (SSSR count). The van der Waals surface area contributed by atoms with Crippen LogP contribution in [0.3, 0.4) is 0 Å². The molecular formula is C40H50N2O3. The van der Waals surface area contributed by atoms with Crippen LogP contribution in [0.25, 0.3) is 0 Å². The highest BCUT2D eigenvalue weighted by atomic mass is 16.4. The summed E-state index contributed by atoms with van der Waals surface area (Å²) in [5.74, 6) is 0.580. The summed E-state index contributed by atoms with van der Waals surface area (Å²) in [7, 11) is 1.97. The average molecular weight is 607 g/mol. The van der Waals surface area contributed by atoms with E-state index in [0.717, 1.165) is 36.3 Å². The van der Waals surface area contributed by atoms with Gasteiger partial charge in [-0.15, -0.1) is 0 Å². The van der Waals surface area contributed by atoms with Crippen LogP contribution in [0.15, 0.2) is 78.9 Å². The van der Waals surface area contributed by atoms with E-state index in [-0.39, 0.29) is 18.1 Å². The third-order valence-electron chi connectivity index (χ3n) is 8.55. The molecule has 1 heterocycles. The lowest BCUT2D eigenvalue weighted by atomic mass is 9.88. The number of aromatic nitrogens is 1. The summed E-state index contributed by atoms with van der Waals surface area (Å²) in [5.41, 5.74) is 9.48. The Labute approximate surface area is 269 Å². The van der Waals surface area contributed by atoms with Crippen LogP contribution in [0, 0.1) is 11.8 Å². The van der Waals surface area contributed by atoms with E-state index in [0.29, 0.717) is 42.3 Å². The number of nitrogens with one attached hydrogen (secondary N) is 1. The average Bonchev–Trinajstić information content (AvgIpc) is 3.32. The molecule has 3 aromatic carbocycles. The van der Waals surface area contributed by atoms with E-state index < -0.39 is 5.97 Å². The van der Waals surface area contributed by atoms with Gasteiger partial charge in [-0.05, 0) is 84.4 Å². The van der Waals surface area contributed by atoms with Crippen molar-refractivity contribution in [2.45, 2.75) is 79.1 Å². The van der Waals surface area contributed by atoms with Crippen molar-refractivity contribution in [1.29, 1.82) is 0 Å². The van der Waals surface area contributed by atoms with Gasteiger partial charge in [0.1, 0.15) is 0 Å². The molecule has 0 fully saturated rings. The Morgan fingerprint density at radius 3 is 1.91 bits per heavy atom. The van der Waals surface area contributed by atoms with Crippen molar-refractivity contribution in [3.05, 3.63) is 124 Å². The third-order valence-corrected chi connectivity index (χ3v) is 8.55. The number of aliphatic carboxylic acids is 1. The van der Waals surface area contributed by atoms with E-state index in [1.165, 1.54) is 22.3 Å². The summed E-state index contributed by atoms with van der Waals surface area (Å²) in [5, 5.41) is 12.7. The number of nitrogens with zero attached hydrogens (tertiary/aromatic N) is 1. The lowest BCUT2D eigenvalue weighted by molar-refractivity contribution is -0.137. The van der Waals surface area contributed by atoms with Crippen LogP contribution in [-0.2, 0) is 37.5 Å². The molecule has 4 aromatic rings. The molecule has 0 amide bonds. The maximum atomic E-state index is 13.8. The third kappa shape index (κ3) is 9.20. The van der Waals surface area contributed by atoms with Gasteiger partial charge in [-0.2, -0.15) is 0 Å². The number of carboxylic acids is 1. The molecule has 1 aromatic heterocycles. The number of ketones is 1. The highest BCUT2D eigenvalue weighted by molar-refractivity contribution is 6.10. The molecule has 0 saturated carbocycles. The number of rotatable bonds is 16. The Hall–Kier alpha value is -4.12. The molecule has 0 saturated heterocycles. The van der Waals surface area contributed by atoms with Gasteiger partial charge in [0.05, 0.1) is 0 Å². The van der Waals surface area contributed by atoms with Gasteiger partial charge in [0, 0.05) is 54.1 Å². The first-order chi connectivity index (χ1) is 21.5. The van der Waals surface area contributed by atoms with Crippen LogP contribution < -0.4 is 5.32 Å². The minimum atomic E-state index is -0.797. The smallest absolute Gasteiger partial charge is 0.303 e. The molecule has 5 heteroatoms. The number of carbonyl (C=O) groups is 2. The minimum Gasteiger partial charge on any atom is -0.481 e. The van der Waals surface area contributed by atoms with Gasteiger partial charge in [0.2, 0.25) is 0 Å². The number of aryl methyl sites for hydroxylation is 1. The van der Waals surface area contributed by atoms with Gasteiger partial charge < -0.3 is 15.0 Å². The fourth-order valence-electron chi connectivity index (χ4n) is 6.27. The van der Waals surface area contributed by atoms with Crippen molar-refractivity contribution in [2.75, 3.05) is 11.9 Å². The number of anilines is 1. The monoisotopic (exact) mass is 606 g/mol. The van der Waals surface area contributed by atoms with Crippen LogP contribution in [0.5, 0.6) is 0 Å². The number of hydrogen-bond donors (Lipinski definition) is 2. The molecule has 0 radical (unpaired) electrons. The summed E-state index contributed by atoms with van der Waals surface area (Å²) in [4.78, 5) is 24.8. The Morgan fingerprint density at radius 2 is 1.40 bits per heavy atom. The van der Waals surface area contributed by atoms with Gasteiger partial charge in [-0.1, -0.05) is 95.3 Å². The van der Waals surface area contributed by atoms with Crippen LogP contribution >= 0.6 is 0 Å². The zero-order valence-corrected chi connectivity index (χ0v) is 27.9. The maximum absolute atomic E-state index is 13.8. The van der Waals surface area contributed by atoms with Crippen molar-refractivity contribution < 1.29 is 14.7 Å². The first-order valence-corrected chi connectivity index (χ1v) is 16.5. The second kappa shape index (κ2) is 15.7. The predicted octanol–water partition coefficient (Wildman–Crippen LogP) is 8.87. The van der Waals surface area contributed by atoms with Crippen molar-refractivity contribution in [3.8, 4) is 0 Å². The van der Waals surface area contributed by atoms with Crippen LogP contribution in [0.2, 0.25) is 0 Å². The van der Waals surface area contributed by atoms with Crippen LogP contribution in [0.4, 0.5) is 5.69 Å². The van der Waals surface area contributed by atoms with E-state index in [1.807, 2.05) is 37.4 Å². The zero-order chi connectivity index (χ0) is 32.5. The van der Waals surface area contributed by atoms with Gasteiger partial charge in [0.15, 0.2) is 5.78 Å². The fourth-order valence-corrected chi connectivity index (χ4v) is 6.27. The zero-order valence-electron chi connectivity index (χ0n) is 27.9. The van der Waals surface area contributed by atoms with E-state index >= 15 is 0 Å². The number of carbonyl (C=O) groups excluding carboxylic acids is 1. The van der Waals surface area contributed by atoms with Crippen LogP contribution in [-0.4, -0.2) is 28.0 Å². The van der Waals surface area contributed by atoms with Gasteiger partial charge >= 0.3 is 5.97 Å². The largest absolute Gasteiger partial charge is 0.481 e. The summed E-state index contributed by atoms with van der Waals surface area (Å²) >= 11 is 0. The van der Waals surface area contributed by atoms with Gasteiger partial charge in [-0.25, -0.2) is 0 Å². The number of hydrogen-bond acceptors (Lipinski definition) is 3. The highest BCUT2D eigenvalue weighted by Gasteiger charge is 2.20. The van der Waals surface area contributed by atoms with E-state index in [1.54, 1.807) is 0 Å². The Morgan fingerprint density at radius 1 is 0.822 bits per heavy atom. The summed E-state index contributed by atoms with van der Waals surface area (Å²) in [6.07, 6.45) is 4.16. The van der Waals surface area contributed by atoms with E-state index in [2.05, 4.69) is 93.0 Å². The second-order valence-electron chi connectivity index (χ2n) is 13.2. The molecule has 45 heavy (non-hydrogen) atoms. The first kappa shape index (κ1) is 33.8. The lowest BCUT2D eigenvalue weighted by Crippen LogP contribution is -2.15. The van der Waals surface area contributed by atoms with Crippen molar-refractivity contribution in [2.24, 2.45) is 18.9 Å². The standard InChI is InChI=1S/C40H50N2O3/c1-7-38-36(25-35(42(38)6)12-9-13-39(43)44)40(45)33-10-8-11-34(24-33)41-26-37(31-18-14-29(15-19-31)22-27(2)3)32-20-16-30(17-21-32)23-28(4)5/h8,10-11,14-21,24-25,27-28,37,41H,7,9,12-13,22-23,26H2,1-6H3,(H,43,44). The molecule has 0 unspecified atom stereocenters. The number of benzene rings is 3. The Kier molecular flexibility index (Phi) is 11.8. The van der Waals surface area contributed by atoms with Crippen molar-refractivity contribution >= 4 is 17.4 Å². The second-order valence-corrected chi connectivity index (χ2v) is 13.2. The minimum absolute atomic E-state index is 0.00591. The molecule has 0 aliphatic carbocycles. The Balaban J connectivity index is 1.56. The topological polar surface area (TPSA) is 71.3 Å². The first-order valence-electron chi connectivity index (χ1n) is 16.5. The molecule has 2 N–H and O–H groups in total. The molecule has 0 atom stereocenters. The molecule has 0 aliphatic rings. The van der Waals surface area contributed by atoms with Gasteiger partial charge in [-0.3, -0.25) is 9.59 Å². The maximum Gasteiger partial charge on any atom is 0.303 e. The summed E-state index contributed by atoms with van der Waals surface area (Å²) in [6, 6.07) is 27.8. The molecular weight excluding hydrogens is 556 g/mol.